The lowest BCUT2D eigenvalue weighted by Gasteiger charge is -2.20. The molecule has 15 heavy (non-hydrogen) atoms. The summed E-state index contributed by atoms with van der Waals surface area (Å²) in [4.78, 5) is 11.7. The van der Waals surface area contributed by atoms with E-state index in [9.17, 15) is 4.79 Å². The van der Waals surface area contributed by atoms with Gasteiger partial charge in [-0.15, -0.1) is 0 Å². The summed E-state index contributed by atoms with van der Waals surface area (Å²) in [5.74, 6) is 0.876. The van der Waals surface area contributed by atoms with Gasteiger partial charge in [0.15, 0.2) is 5.78 Å². The average Bonchev–Trinajstić information content (AvgIpc) is 2.28. The summed E-state index contributed by atoms with van der Waals surface area (Å²) in [5, 5.41) is 0.334. The van der Waals surface area contributed by atoms with Crippen molar-refractivity contribution in [3.8, 4) is 5.75 Å². The average molecular weight is 336 g/mol. The molecule has 2 nitrogen and oxygen atoms in total. The molecule has 82 valence electrons. The third kappa shape index (κ3) is 2.82. The van der Waals surface area contributed by atoms with Crippen molar-refractivity contribution in [3.05, 3.63) is 29.8 Å². The number of halogens is 2. The predicted molar refractivity (Wildman–Crippen MR) is 68.1 cm³/mol. The van der Waals surface area contributed by atoms with Crippen molar-refractivity contribution in [1.82, 2.24) is 0 Å². The minimum Gasteiger partial charge on any atom is -0.497 e. The normalized spacial score (nSPS) is 14.4. The van der Waals surface area contributed by atoms with Crippen LogP contribution in [0.25, 0.3) is 0 Å². The van der Waals surface area contributed by atoms with Crippen molar-refractivity contribution >= 4 is 37.6 Å². The fraction of sp³-hybridized carbons (Fsp3) is 0.364. The summed E-state index contributed by atoms with van der Waals surface area (Å²) in [6.45, 7) is 1.85. The van der Waals surface area contributed by atoms with Gasteiger partial charge in [-0.2, -0.15) is 0 Å². The molecule has 1 rings (SSSR count). The maximum atomic E-state index is 11.7. The molecule has 0 saturated carbocycles. The van der Waals surface area contributed by atoms with Crippen LogP contribution in [0.2, 0.25) is 0 Å². The minimum absolute atomic E-state index is 0.0904. The Kier molecular flexibility index (Phi) is 4.34. The quantitative estimate of drug-likeness (QED) is 0.789. The summed E-state index contributed by atoms with van der Waals surface area (Å²) in [5.41, 5.74) is 0.924. The Morgan fingerprint density at radius 1 is 1.40 bits per heavy atom. The van der Waals surface area contributed by atoms with Gasteiger partial charge in [-0.3, -0.25) is 4.79 Å². The van der Waals surface area contributed by atoms with Crippen LogP contribution in [-0.4, -0.2) is 18.2 Å². The number of ether oxygens (including phenoxy) is 1. The van der Waals surface area contributed by atoms with Gasteiger partial charge in [-0.25, -0.2) is 0 Å². The van der Waals surface area contributed by atoms with Crippen LogP contribution in [0.1, 0.15) is 12.5 Å². The molecule has 0 fully saturated rings. The molecule has 1 atom stereocenters. The van der Waals surface area contributed by atoms with Gasteiger partial charge >= 0.3 is 0 Å². The highest BCUT2D eigenvalue weighted by Crippen LogP contribution is 2.33. The smallest absolute Gasteiger partial charge is 0.164 e. The van der Waals surface area contributed by atoms with E-state index in [0.29, 0.717) is 5.33 Å². The van der Waals surface area contributed by atoms with E-state index in [-0.39, 0.29) is 5.78 Å². The van der Waals surface area contributed by atoms with Gasteiger partial charge in [0.1, 0.15) is 10.1 Å². The fourth-order valence-corrected chi connectivity index (χ4v) is 2.53. The number of methoxy groups -OCH3 is 1. The third-order valence-electron chi connectivity index (χ3n) is 2.28. The Balaban J connectivity index is 3.00. The number of carbonyl (C=O) groups is 1. The van der Waals surface area contributed by atoms with E-state index in [1.165, 1.54) is 0 Å². The van der Waals surface area contributed by atoms with Crippen LogP contribution in [0.15, 0.2) is 24.3 Å². The Morgan fingerprint density at radius 3 is 2.33 bits per heavy atom. The number of alkyl halides is 2. The number of Topliss-reactive ketones (excluding diaryl/α,β-unsaturated/α-hetero) is 1. The van der Waals surface area contributed by atoms with E-state index in [2.05, 4.69) is 31.9 Å². The molecule has 1 aromatic carbocycles. The molecular weight excluding hydrogens is 324 g/mol. The second kappa shape index (κ2) is 5.12. The number of hydrogen-bond acceptors (Lipinski definition) is 2. The Hall–Kier alpha value is -0.350. The largest absolute Gasteiger partial charge is 0.497 e. The molecule has 1 aromatic rings. The lowest BCUT2D eigenvalue weighted by molar-refractivity contribution is -0.118. The zero-order chi connectivity index (χ0) is 11.5. The molecule has 0 N–H and O–H groups in total. The zero-order valence-electron chi connectivity index (χ0n) is 8.59. The van der Waals surface area contributed by atoms with Gasteiger partial charge in [-0.05, 0) is 24.6 Å². The predicted octanol–water partition coefficient (Wildman–Crippen LogP) is 3.27. The first-order chi connectivity index (χ1) is 7.02. The summed E-state index contributed by atoms with van der Waals surface area (Å²) in [6, 6.07) is 7.45. The van der Waals surface area contributed by atoms with E-state index < -0.39 is 4.32 Å². The van der Waals surface area contributed by atoms with Gasteiger partial charge in [0.05, 0.1) is 12.4 Å². The van der Waals surface area contributed by atoms with Gasteiger partial charge in [-0.1, -0.05) is 44.0 Å². The maximum Gasteiger partial charge on any atom is 0.164 e. The molecule has 0 aliphatic rings. The summed E-state index contributed by atoms with van der Waals surface area (Å²) in [6.07, 6.45) is 0. The molecule has 0 aliphatic heterocycles. The first-order valence-corrected chi connectivity index (χ1v) is 6.36. The van der Waals surface area contributed by atoms with E-state index >= 15 is 0 Å². The second-order valence-corrected chi connectivity index (χ2v) is 5.44. The van der Waals surface area contributed by atoms with E-state index in [1.807, 2.05) is 31.2 Å². The minimum atomic E-state index is -0.636. The maximum absolute atomic E-state index is 11.7. The number of rotatable bonds is 4. The van der Waals surface area contributed by atoms with Gasteiger partial charge in [0.25, 0.3) is 0 Å². The van der Waals surface area contributed by atoms with Gasteiger partial charge in [0, 0.05) is 0 Å². The number of hydrogen-bond donors (Lipinski definition) is 0. The Labute approximate surface area is 106 Å². The van der Waals surface area contributed by atoms with Crippen molar-refractivity contribution in [2.75, 3.05) is 12.4 Å². The molecule has 0 amide bonds. The van der Waals surface area contributed by atoms with E-state index in [0.717, 1.165) is 11.3 Å². The molecule has 0 aliphatic carbocycles. The highest BCUT2D eigenvalue weighted by molar-refractivity contribution is 9.10. The van der Waals surface area contributed by atoms with Crippen LogP contribution in [-0.2, 0) is 9.12 Å². The fourth-order valence-electron chi connectivity index (χ4n) is 1.19. The first-order valence-electron chi connectivity index (χ1n) is 4.45. The number of benzene rings is 1. The molecule has 0 heterocycles. The highest BCUT2D eigenvalue weighted by Gasteiger charge is 2.30. The second-order valence-electron chi connectivity index (χ2n) is 3.29. The molecule has 0 radical (unpaired) electrons. The molecule has 0 bridgehead atoms. The Bertz CT molecular complexity index is 344. The molecular formula is C11H12Br2O2. The number of carbonyl (C=O) groups excluding carboxylic acids is 1. The first kappa shape index (κ1) is 12.7. The van der Waals surface area contributed by atoms with Crippen LogP contribution in [0.4, 0.5) is 0 Å². The highest BCUT2D eigenvalue weighted by atomic mass is 79.9. The summed E-state index contributed by atoms with van der Waals surface area (Å²) in [7, 11) is 1.62. The molecule has 1 unspecified atom stereocenters. The van der Waals surface area contributed by atoms with Crippen LogP contribution < -0.4 is 4.74 Å². The summed E-state index contributed by atoms with van der Waals surface area (Å²) < 4.78 is 4.42. The van der Waals surface area contributed by atoms with E-state index in [1.54, 1.807) is 7.11 Å². The summed E-state index contributed by atoms with van der Waals surface area (Å²) >= 11 is 6.61. The molecule has 0 aromatic heterocycles. The van der Waals surface area contributed by atoms with Crippen molar-refractivity contribution in [3.63, 3.8) is 0 Å². The van der Waals surface area contributed by atoms with Crippen molar-refractivity contribution in [2.45, 2.75) is 11.2 Å². The van der Waals surface area contributed by atoms with Crippen molar-refractivity contribution < 1.29 is 9.53 Å². The third-order valence-corrected chi connectivity index (χ3v) is 3.69. The Morgan fingerprint density at radius 2 is 1.93 bits per heavy atom. The topological polar surface area (TPSA) is 26.3 Å². The van der Waals surface area contributed by atoms with Crippen molar-refractivity contribution in [2.24, 2.45) is 0 Å². The van der Waals surface area contributed by atoms with Crippen LogP contribution in [0.5, 0.6) is 5.75 Å². The van der Waals surface area contributed by atoms with Crippen molar-refractivity contribution in [1.29, 1.82) is 0 Å². The molecule has 0 spiro atoms. The van der Waals surface area contributed by atoms with Crippen LogP contribution in [0.3, 0.4) is 0 Å². The van der Waals surface area contributed by atoms with Gasteiger partial charge < -0.3 is 4.74 Å². The molecule has 0 saturated heterocycles. The molecule has 4 heteroatoms. The van der Waals surface area contributed by atoms with Crippen LogP contribution in [0, 0.1) is 0 Å². The standard InChI is InChI=1S/C11H12Br2O2/c1-11(13,10(14)7-12)8-3-5-9(15-2)6-4-8/h3-6H,7H2,1-2H3. The lowest BCUT2D eigenvalue weighted by atomic mass is 9.97. The monoisotopic (exact) mass is 334 g/mol. The van der Waals surface area contributed by atoms with Gasteiger partial charge in [0.2, 0.25) is 0 Å². The zero-order valence-corrected chi connectivity index (χ0v) is 11.8. The van der Waals surface area contributed by atoms with E-state index in [4.69, 9.17) is 4.74 Å². The SMILES string of the molecule is COc1ccc(C(C)(Br)C(=O)CBr)cc1. The number of ketones is 1. The van der Waals surface area contributed by atoms with Crippen LogP contribution >= 0.6 is 31.9 Å². The lowest BCUT2D eigenvalue weighted by Crippen LogP contribution is -2.26.